The molecule has 2 bridgehead atoms. The van der Waals surface area contributed by atoms with E-state index in [1.807, 2.05) is 42.5 Å². The van der Waals surface area contributed by atoms with E-state index < -0.39 is 11.9 Å². The highest BCUT2D eigenvalue weighted by atomic mass is 19.1. The Morgan fingerprint density at radius 3 is 2.19 bits per heavy atom. The predicted octanol–water partition coefficient (Wildman–Crippen LogP) is 3.38. The van der Waals surface area contributed by atoms with E-state index in [2.05, 4.69) is 5.32 Å². The summed E-state index contributed by atoms with van der Waals surface area (Å²) in [7, 11) is 0. The van der Waals surface area contributed by atoms with Crippen LogP contribution in [-0.4, -0.2) is 22.6 Å². The minimum absolute atomic E-state index is 0.0574. The summed E-state index contributed by atoms with van der Waals surface area (Å²) >= 11 is 0. The van der Waals surface area contributed by atoms with Crippen molar-refractivity contribution < 1.29 is 18.8 Å². The van der Waals surface area contributed by atoms with E-state index in [0.717, 1.165) is 12.0 Å². The first-order valence-corrected chi connectivity index (χ1v) is 10.6. The van der Waals surface area contributed by atoms with Crippen LogP contribution in [0, 0.1) is 29.5 Å². The molecule has 0 aromatic heterocycles. The third kappa shape index (κ3) is 3.46. The van der Waals surface area contributed by atoms with Gasteiger partial charge in [-0.25, -0.2) is 4.39 Å². The lowest BCUT2D eigenvalue weighted by Gasteiger charge is -2.28. The Balaban J connectivity index is 1.39. The smallest absolute Gasteiger partial charge is 0.234 e. The highest BCUT2D eigenvalue weighted by Crippen LogP contribution is 2.54. The molecule has 2 aliphatic carbocycles. The number of hydrogen-bond acceptors (Lipinski definition) is 3. The zero-order valence-electron chi connectivity index (χ0n) is 16.9. The van der Waals surface area contributed by atoms with Crippen LogP contribution in [0.2, 0.25) is 0 Å². The van der Waals surface area contributed by atoms with Gasteiger partial charge in [0.15, 0.2) is 0 Å². The number of nitrogens with zero attached hydrogens (tertiary/aromatic N) is 1. The maximum Gasteiger partial charge on any atom is 0.234 e. The first-order valence-electron chi connectivity index (χ1n) is 10.6. The molecule has 2 aromatic carbocycles. The second kappa shape index (κ2) is 7.76. The van der Waals surface area contributed by atoms with Gasteiger partial charge in [0.2, 0.25) is 17.7 Å². The van der Waals surface area contributed by atoms with E-state index in [1.54, 1.807) is 12.1 Å². The Morgan fingerprint density at radius 1 is 0.968 bits per heavy atom. The van der Waals surface area contributed by atoms with E-state index in [1.165, 1.54) is 17.0 Å². The van der Waals surface area contributed by atoms with Gasteiger partial charge in [0.25, 0.3) is 0 Å². The summed E-state index contributed by atoms with van der Waals surface area (Å²) < 4.78 is 13.5. The van der Waals surface area contributed by atoms with Crippen LogP contribution in [0.25, 0.3) is 0 Å². The van der Waals surface area contributed by atoms with Gasteiger partial charge in [-0.15, -0.1) is 0 Å². The molecule has 1 N–H and O–H groups in total. The highest BCUT2D eigenvalue weighted by molar-refractivity contribution is 6.07. The van der Waals surface area contributed by atoms with Gasteiger partial charge in [0.05, 0.1) is 24.3 Å². The molecular formula is C25H23FN2O3. The van der Waals surface area contributed by atoms with E-state index >= 15 is 0 Å². The topological polar surface area (TPSA) is 66.5 Å². The summed E-state index contributed by atoms with van der Waals surface area (Å²) in [6.07, 6.45) is 4.87. The Labute approximate surface area is 179 Å². The molecule has 1 heterocycles. The summed E-state index contributed by atoms with van der Waals surface area (Å²) in [5, 5.41) is 2.87. The van der Waals surface area contributed by atoms with Crippen molar-refractivity contribution in [1.82, 2.24) is 10.2 Å². The fourth-order valence-corrected chi connectivity index (χ4v) is 5.32. The van der Waals surface area contributed by atoms with E-state index in [0.29, 0.717) is 12.1 Å². The average molecular weight is 418 g/mol. The van der Waals surface area contributed by atoms with Gasteiger partial charge in [-0.05, 0) is 41.5 Å². The molecule has 2 fully saturated rings. The summed E-state index contributed by atoms with van der Waals surface area (Å²) in [6, 6.07) is 14.4. The second-order valence-corrected chi connectivity index (χ2v) is 8.58. The van der Waals surface area contributed by atoms with Crippen molar-refractivity contribution in [3.8, 4) is 0 Å². The molecule has 5 atom stereocenters. The molecule has 6 heteroatoms. The molecule has 1 saturated carbocycles. The standard InChI is InChI=1S/C25H23FN2O3/c26-19-10-8-16(9-11-19)20(13-21(29)27-14-15-4-2-1-3-5-15)28-24(30)22-17-6-7-18(12-17)23(22)25(28)31/h1-11,17-18,20,22-23H,12-14H2,(H,27,29). The molecule has 2 aromatic rings. The molecule has 0 radical (unpaired) electrons. The third-order valence-corrected chi connectivity index (χ3v) is 6.78. The Kier molecular flexibility index (Phi) is 4.93. The van der Waals surface area contributed by atoms with Crippen molar-refractivity contribution in [1.29, 1.82) is 0 Å². The lowest BCUT2D eigenvalue weighted by atomic mass is 9.85. The first kappa shape index (κ1) is 19.7. The van der Waals surface area contributed by atoms with Crippen molar-refractivity contribution in [2.45, 2.75) is 25.4 Å². The molecule has 0 spiro atoms. The van der Waals surface area contributed by atoms with E-state index in [9.17, 15) is 18.8 Å². The number of rotatable bonds is 6. The third-order valence-electron chi connectivity index (χ3n) is 6.78. The summed E-state index contributed by atoms with van der Waals surface area (Å²) in [6.45, 7) is 0.358. The number of likely N-dealkylation sites (tertiary alicyclic amines) is 1. The van der Waals surface area contributed by atoms with Gasteiger partial charge in [-0.2, -0.15) is 0 Å². The minimum atomic E-state index is -0.749. The number of fused-ring (bicyclic) bond motifs is 5. The maximum atomic E-state index is 13.5. The molecule has 31 heavy (non-hydrogen) atoms. The first-order chi connectivity index (χ1) is 15.0. The van der Waals surface area contributed by atoms with Crippen LogP contribution in [0.3, 0.4) is 0 Å². The lowest BCUT2D eigenvalue weighted by Crippen LogP contribution is -2.39. The number of halogens is 1. The SMILES string of the molecule is O=C(CC(c1ccc(F)cc1)N1C(=O)C2C3C=CC(C3)C2C1=O)NCc1ccccc1. The van der Waals surface area contributed by atoms with Gasteiger partial charge >= 0.3 is 0 Å². The van der Waals surface area contributed by atoms with Crippen molar-refractivity contribution in [3.63, 3.8) is 0 Å². The fourth-order valence-electron chi connectivity index (χ4n) is 5.32. The van der Waals surface area contributed by atoms with Crippen LogP contribution in [0.1, 0.15) is 30.0 Å². The van der Waals surface area contributed by atoms with E-state index in [4.69, 9.17) is 0 Å². The van der Waals surface area contributed by atoms with E-state index in [-0.39, 0.29) is 47.8 Å². The van der Waals surface area contributed by atoms with Crippen LogP contribution in [0.15, 0.2) is 66.7 Å². The van der Waals surface area contributed by atoms with Gasteiger partial charge < -0.3 is 5.32 Å². The zero-order valence-corrected chi connectivity index (χ0v) is 16.9. The summed E-state index contributed by atoms with van der Waals surface area (Å²) in [5.74, 6) is -1.58. The molecule has 5 nitrogen and oxygen atoms in total. The average Bonchev–Trinajstić information content (AvgIpc) is 3.46. The number of carbonyl (C=O) groups is 3. The predicted molar refractivity (Wildman–Crippen MR) is 112 cm³/mol. The zero-order chi connectivity index (χ0) is 21.5. The van der Waals surface area contributed by atoms with Crippen LogP contribution in [0.4, 0.5) is 4.39 Å². The molecular weight excluding hydrogens is 395 g/mol. The monoisotopic (exact) mass is 418 g/mol. The van der Waals surface area contributed by atoms with Crippen molar-refractivity contribution in [2.24, 2.45) is 23.7 Å². The van der Waals surface area contributed by atoms with Crippen molar-refractivity contribution >= 4 is 17.7 Å². The van der Waals surface area contributed by atoms with Crippen LogP contribution >= 0.6 is 0 Å². The quantitative estimate of drug-likeness (QED) is 0.578. The maximum absolute atomic E-state index is 13.5. The fraction of sp³-hybridized carbons (Fsp3) is 0.320. The summed E-state index contributed by atoms with van der Waals surface area (Å²) in [4.78, 5) is 40.6. The molecule has 5 unspecified atom stereocenters. The van der Waals surface area contributed by atoms with Crippen LogP contribution in [-0.2, 0) is 20.9 Å². The largest absolute Gasteiger partial charge is 0.352 e. The van der Waals surface area contributed by atoms with Gasteiger partial charge in [-0.1, -0.05) is 54.6 Å². The Hall–Kier alpha value is -3.28. The van der Waals surface area contributed by atoms with Crippen LogP contribution < -0.4 is 5.32 Å². The minimum Gasteiger partial charge on any atom is -0.352 e. The number of carbonyl (C=O) groups excluding carboxylic acids is 3. The number of benzene rings is 2. The molecule has 1 saturated heterocycles. The highest BCUT2D eigenvalue weighted by Gasteiger charge is 2.60. The normalized spacial score (nSPS) is 26.9. The summed E-state index contributed by atoms with van der Waals surface area (Å²) in [5.41, 5.74) is 1.54. The number of allylic oxidation sites excluding steroid dienone is 2. The molecule has 3 amide bonds. The number of nitrogens with one attached hydrogen (secondary N) is 1. The van der Waals surface area contributed by atoms with Gasteiger partial charge in [0, 0.05) is 6.54 Å². The molecule has 158 valence electrons. The van der Waals surface area contributed by atoms with Crippen molar-refractivity contribution in [2.75, 3.05) is 0 Å². The molecule has 1 aliphatic heterocycles. The number of amides is 3. The second-order valence-electron chi connectivity index (χ2n) is 8.58. The van der Waals surface area contributed by atoms with Crippen molar-refractivity contribution in [3.05, 3.63) is 83.7 Å². The Bertz CT molecular complexity index is 1020. The molecule has 3 aliphatic rings. The lowest BCUT2D eigenvalue weighted by molar-refractivity contribution is -0.144. The van der Waals surface area contributed by atoms with Gasteiger partial charge in [-0.3, -0.25) is 19.3 Å². The number of imide groups is 1. The van der Waals surface area contributed by atoms with Crippen LogP contribution in [0.5, 0.6) is 0 Å². The molecule has 5 rings (SSSR count). The Morgan fingerprint density at radius 2 is 1.58 bits per heavy atom. The number of hydrogen-bond donors (Lipinski definition) is 1. The van der Waals surface area contributed by atoms with Gasteiger partial charge in [0.1, 0.15) is 5.82 Å².